The molecule has 0 atom stereocenters. The first-order valence-electron chi connectivity index (χ1n) is 8.51. The van der Waals surface area contributed by atoms with Crippen molar-refractivity contribution in [1.29, 1.82) is 0 Å². The molecule has 0 aromatic heterocycles. The molecule has 0 aromatic carbocycles. The van der Waals surface area contributed by atoms with Crippen LogP contribution in [0.4, 0.5) is 0 Å². The minimum atomic E-state index is 1.18. The summed E-state index contributed by atoms with van der Waals surface area (Å²) in [5.74, 6) is 0. The standard InChI is InChI=1S/C20H34/c1-3-5-7-9-11-13-15-17-19-20-18-16-14-12-10-8-6-4-2/h7-10,15-18H,3-6,11-14,19-20H2,1-2H3. The predicted octanol–water partition coefficient (Wildman–Crippen LogP) is 7.15. The van der Waals surface area contributed by atoms with Gasteiger partial charge < -0.3 is 0 Å². The van der Waals surface area contributed by atoms with Crippen LogP contribution in [0.1, 0.15) is 78.1 Å². The first kappa shape index (κ1) is 19.0. The van der Waals surface area contributed by atoms with Gasteiger partial charge in [0.2, 0.25) is 0 Å². The van der Waals surface area contributed by atoms with E-state index in [-0.39, 0.29) is 0 Å². The Morgan fingerprint density at radius 3 is 0.750 bits per heavy atom. The van der Waals surface area contributed by atoms with Gasteiger partial charge in [-0.15, -0.1) is 0 Å². The Bertz CT molecular complexity index is 248. The highest BCUT2D eigenvalue weighted by Gasteiger charge is 1.80. The summed E-state index contributed by atoms with van der Waals surface area (Å²) < 4.78 is 0. The molecule has 0 radical (unpaired) electrons. The van der Waals surface area contributed by atoms with E-state index in [0.29, 0.717) is 0 Å². The van der Waals surface area contributed by atoms with Crippen molar-refractivity contribution >= 4 is 0 Å². The van der Waals surface area contributed by atoms with Crippen LogP contribution in [0, 0.1) is 0 Å². The first-order chi connectivity index (χ1) is 9.91. The van der Waals surface area contributed by atoms with Crippen LogP contribution in [0.2, 0.25) is 0 Å². The molecule has 0 saturated heterocycles. The summed E-state index contributed by atoms with van der Waals surface area (Å²) in [5.41, 5.74) is 0. The third kappa shape index (κ3) is 17.0. The first-order valence-corrected chi connectivity index (χ1v) is 8.51. The molecule has 114 valence electrons. The maximum absolute atomic E-state index is 2.32. The highest BCUT2D eigenvalue weighted by Crippen LogP contribution is 2.01. The molecule has 0 aliphatic heterocycles. The van der Waals surface area contributed by atoms with Crippen molar-refractivity contribution in [3.63, 3.8) is 0 Å². The Morgan fingerprint density at radius 2 is 0.550 bits per heavy atom. The number of rotatable bonds is 13. The number of hydrogen-bond donors (Lipinski definition) is 0. The van der Waals surface area contributed by atoms with Gasteiger partial charge >= 0.3 is 0 Å². The van der Waals surface area contributed by atoms with Crippen LogP contribution in [-0.4, -0.2) is 0 Å². The van der Waals surface area contributed by atoms with Crippen molar-refractivity contribution in [2.45, 2.75) is 78.1 Å². The second-order valence-electron chi connectivity index (χ2n) is 5.20. The maximum Gasteiger partial charge on any atom is -0.0316 e. The van der Waals surface area contributed by atoms with Gasteiger partial charge in [0.25, 0.3) is 0 Å². The van der Waals surface area contributed by atoms with E-state index < -0.39 is 0 Å². The average Bonchev–Trinajstić information content (AvgIpc) is 2.47. The van der Waals surface area contributed by atoms with E-state index in [2.05, 4.69) is 62.5 Å². The lowest BCUT2D eigenvalue weighted by Gasteiger charge is -1.90. The minimum Gasteiger partial charge on any atom is -0.0885 e. The van der Waals surface area contributed by atoms with Crippen molar-refractivity contribution in [3.8, 4) is 0 Å². The topological polar surface area (TPSA) is 0 Å². The second kappa shape index (κ2) is 18.0. The number of allylic oxidation sites excluding steroid dienone is 8. The molecule has 0 aromatic rings. The van der Waals surface area contributed by atoms with Gasteiger partial charge in [-0.05, 0) is 51.4 Å². The molecule has 0 rings (SSSR count). The van der Waals surface area contributed by atoms with Crippen LogP contribution in [0.3, 0.4) is 0 Å². The summed E-state index contributed by atoms with van der Waals surface area (Å²) in [4.78, 5) is 0. The van der Waals surface area contributed by atoms with Gasteiger partial charge in [0.05, 0.1) is 0 Å². The van der Waals surface area contributed by atoms with Crippen LogP contribution in [0.5, 0.6) is 0 Å². The van der Waals surface area contributed by atoms with Crippen molar-refractivity contribution in [1.82, 2.24) is 0 Å². The average molecular weight is 274 g/mol. The molecule has 0 fully saturated rings. The van der Waals surface area contributed by atoms with Gasteiger partial charge in [-0.25, -0.2) is 0 Å². The fourth-order valence-corrected chi connectivity index (χ4v) is 1.85. The number of unbranched alkanes of at least 4 members (excludes halogenated alkanes) is 5. The van der Waals surface area contributed by atoms with Crippen molar-refractivity contribution in [2.24, 2.45) is 0 Å². The van der Waals surface area contributed by atoms with Gasteiger partial charge in [0.15, 0.2) is 0 Å². The smallest absolute Gasteiger partial charge is 0.0316 e. The molecule has 0 bridgehead atoms. The van der Waals surface area contributed by atoms with Gasteiger partial charge in [-0.1, -0.05) is 75.3 Å². The Kier molecular flexibility index (Phi) is 17.0. The van der Waals surface area contributed by atoms with Crippen molar-refractivity contribution in [2.75, 3.05) is 0 Å². The minimum absolute atomic E-state index is 1.18. The van der Waals surface area contributed by atoms with Crippen LogP contribution in [0.15, 0.2) is 48.6 Å². The van der Waals surface area contributed by atoms with E-state index in [1.807, 2.05) is 0 Å². The summed E-state index contributed by atoms with van der Waals surface area (Å²) in [7, 11) is 0. The second-order valence-corrected chi connectivity index (χ2v) is 5.20. The Morgan fingerprint density at radius 1 is 0.350 bits per heavy atom. The third-order valence-electron chi connectivity index (χ3n) is 3.08. The highest BCUT2D eigenvalue weighted by atomic mass is 13.9. The van der Waals surface area contributed by atoms with Crippen LogP contribution in [0.25, 0.3) is 0 Å². The highest BCUT2D eigenvalue weighted by molar-refractivity contribution is 4.92. The Hall–Kier alpha value is -1.04. The Balaban J connectivity index is 3.29. The van der Waals surface area contributed by atoms with E-state index in [9.17, 15) is 0 Å². The van der Waals surface area contributed by atoms with E-state index in [1.54, 1.807) is 0 Å². The molecule has 0 heteroatoms. The quantitative estimate of drug-likeness (QED) is 0.247. The molecule has 0 aliphatic carbocycles. The summed E-state index contributed by atoms with van der Waals surface area (Å²) >= 11 is 0. The molecule has 0 saturated carbocycles. The zero-order valence-corrected chi connectivity index (χ0v) is 13.7. The Labute approximate surface area is 127 Å². The molecule has 0 spiro atoms. The molecular weight excluding hydrogens is 240 g/mol. The molecule has 0 amide bonds. The molecular formula is C20H34. The van der Waals surface area contributed by atoms with E-state index in [0.717, 1.165) is 0 Å². The van der Waals surface area contributed by atoms with Gasteiger partial charge in [-0.2, -0.15) is 0 Å². The lowest BCUT2D eigenvalue weighted by molar-refractivity contribution is 0.938. The van der Waals surface area contributed by atoms with Crippen LogP contribution in [-0.2, 0) is 0 Å². The molecule has 0 N–H and O–H groups in total. The van der Waals surface area contributed by atoms with E-state index >= 15 is 0 Å². The zero-order valence-electron chi connectivity index (χ0n) is 13.7. The SMILES string of the molecule is CCCC=CCCC=CCCC=CCCC=CCCC. The van der Waals surface area contributed by atoms with Gasteiger partial charge in [0, 0.05) is 0 Å². The lowest BCUT2D eigenvalue weighted by Crippen LogP contribution is -1.70. The van der Waals surface area contributed by atoms with Crippen molar-refractivity contribution in [3.05, 3.63) is 48.6 Å². The summed E-state index contributed by atoms with van der Waals surface area (Å²) in [6, 6.07) is 0. The van der Waals surface area contributed by atoms with Crippen LogP contribution < -0.4 is 0 Å². The molecule has 0 heterocycles. The largest absolute Gasteiger partial charge is 0.0885 e. The fraction of sp³-hybridized carbons (Fsp3) is 0.600. The summed E-state index contributed by atoms with van der Waals surface area (Å²) in [6.07, 6.45) is 30.6. The summed E-state index contributed by atoms with van der Waals surface area (Å²) in [5, 5.41) is 0. The molecule has 0 unspecified atom stereocenters. The normalized spacial score (nSPS) is 12.7. The summed E-state index contributed by atoms with van der Waals surface area (Å²) in [6.45, 7) is 4.44. The molecule has 0 nitrogen and oxygen atoms in total. The monoisotopic (exact) mass is 274 g/mol. The zero-order chi connectivity index (χ0) is 14.7. The van der Waals surface area contributed by atoms with Gasteiger partial charge in [-0.3, -0.25) is 0 Å². The van der Waals surface area contributed by atoms with E-state index in [4.69, 9.17) is 0 Å². The third-order valence-corrected chi connectivity index (χ3v) is 3.08. The fourth-order valence-electron chi connectivity index (χ4n) is 1.85. The van der Waals surface area contributed by atoms with E-state index in [1.165, 1.54) is 64.2 Å². The van der Waals surface area contributed by atoms with Crippen LogP contribution >= 0.6 is 0 Å². The van der Waals surface area contributed by atoms with Gasteiger partial charge in [0.1, 0.15) is 0 Å². The molecule has 0 aliphatic rings. The van der Waals surface area contributed by atoms with Crippen molar-refractivity contribution < 1.29 is 0 Å². The predicted molar refractivity (Wildman–Crippen MR) is 94.1 cm³/mol. The molecule has 20 heavy (non-hydrogen) atoms. The maximum atomic E-state index is 2.32. The number of hydrogen-bond acceptors (Lipinski definition) is 0. The lowest BCUT2D eigenvalue weighted by atomic mass is 10.2.